The lowest BCUT2D eigenvalue weighted by Crippen LogP contribution is -2.44. The van der Waals surface area contributed by atoms with E-state index in [2.05, 4.69) is 15.6 Å². The van der Waals surface area contributed by atoms with Gasteiger partial charge in [0.25, 0.3) is 0 Å². The van der Waals surface area contributed by atoms with Crippen molar-refractivity contribution in [2.45, 2.75) is 19.4 Å². The fourth-order valence-electron chi connectivity index (χ4n) is 2.75. The molecule has 25 heavy (non-hydrogen) atoms. The summed E-state index contributed by atoms with van der Waals surface area (Å²) in [5.41, 5.74) is 3.54. The Morgan fingerprint density at radius 3 is 2.56 bits per heavy atom. The molecule has 3 rings (SSSR count). The first-order valence-corrected chi connectivity index (χ1v) is 7.95. The van der Waals surface area contributed by atoms with Gasteiger partial charge in [0.05, 0.1) is 0 Å². The molecule has 0 bridgehead atoms. The van der Waals surface area contributed by atoms with E-state index in [0.717, 1.165) is 22.0 Å². The first-order chi connectivity index (χ1) is 12.0. The van der Waals surface area contributed by atoms with Crippen molar-refractivity contribution in [2.24, 2.45) is 0 Å². The van der Waals surface area contributed by atoms with Crippen LogP contribution < -0.4 is 10.6 Å². The maximum absolute atomic E-state index is 12.5. The third kappa shape index (κ3) is 3.98. The molecular formula is C19H19N3O3. The molecule has 4 N–H and O–H groups in total. The molecule has 0 saturated heterocycles. The number of para-hydroxylation sites is 1. The highest BCUT2D eigenvalue weighted by Gasteiger charge is 2.22. The summed E-state index contributed by atoms with van der Waals surface area (Å²) in [6, 6.07) is 14.2. The van der Waals surface area contributed by atoms with E-state index in [-0.39, 0.29) is 6.42 Å². The Balaban J connectivity index is 1.80. The van der Waals surface area contributed by atoms with E-state index < -0.39 is 18.0 Å². The van der Waals surface area contributed by atoms with Gasteiger partial charge in [-0.25, -0.2) is 4.79 Å². The molecule has 6 nitrogen and oxygen atoms in total. The van der Waals surface area contributed by atoms with Gasteiger partial charge in [0.15, 0.2) is 0 Å². The first kappa shape index (κ1) is 16.6. The zero-order valence-electron chi connectivity index (χ0n) is 13.7. The highest BCUT2D eigenvalue weighted by molar-refractivity contribution is 5.97. The zero-order chi connectivity index (χ0) is 17.8. The summed E-state index contributed by atoms with van der Waals surface area (Å²) in [6.45, 7) is 1.96. The van der Waals surface area contributed by atoms with Gasteiger partial charge in [0.1, 0.15) is 6.04 Å². The second-order valence-corrected chi connectivity index (χ2v) is 5.92. The number of aromatic nitrogens is 1. The van der Waals surface area contributed by atoms with E-state index in [4.69, 9.17) is 5.11 Å². The van der Waals surface area contributed by atoms with Gasteiger partial charge in [0, 0.05) is 29.2 Å². The van der Waals surface area contributed by atoms with Crippen molar-refractivity contribution in [1.82, 2.24) is 10.3 Å². The second-order valence-electron chi connectivity index (χ2n) is 5.92. The average Bonchev–Trinajstić information content (AvgIpc) is 2.99. The molecule has 1 aromatic heterocycles. The zero-order valence-corrected chi connectivity index (χ0v) is 13.7. The Hall–Kier alpha value is -3.28. The van der Waals surface area contributed by atoms with Gasteiger partial charge in [-0.1, -0.05) is 35.9 Å². The lowest BCUT2D eigenvalue weighted by molar-refractivity contribution is -0.118. The Bertz CT molecular complexity index is 900. The number of aryl methyl sites for hydroxylation is 1. The number of hydrogen-bond donors (Lipinski definition) is 4. The summed E-state index contributed by atoms with van der Waals surface area (Å²) in [7, 11) is 0. The fraction of sp³-hybridized carbons (Fsp3) is 0.158. The van der Waals surface area contributed by atoms with Crippen molar-refractivity contribution in [3.63, 3.8) is 0 Å². The predicted molar refractivity (Wildman–Crippen MR) is 96.8 cm³/mol. The molecule has 1 atom stereocenters. The van der Waals surface area contributed by atoms with E-state index in [1.54, 1.807) is 18.3 Å². The minimum atomic E-state index is -1.23. The van der Waals surface area contributed by atoms with Gasteiger partial charge < -0.3 is 20.7 Å². The number of fused-ring (bicyclic) bond motifs is 1. The molecule has 0 spiro atoms. The van der Waals surface area contributed by atoms with Crippen molar-refractivity contribution in [3.05, 3.63) is 65.9 Å². The third-order valence-corrected chi connectivity index (χ3v) is 4.03. The third-order valence-electron chi connectivity index (χ3n) is 4.03. The largest absolute Gasteiger partial charge is 0.465 e. The quantitative estimate of drug-likeness (QED) is 0.575. The maximum Gasteiger partial charge on any atom is 0.405 e. The maximum atomic E-state index is 12.5. The van der Waals surface area contributed by atoms with Gasteiger partial charge in [-0.2, -0.15) is 0 Å². The van der Waals surface area contributed by atoms with Crippen molar-refractivity contribution < 1.29 is 14.7 Å². The van der Waals surface area contributed by atoms with Crippen LogP contribution in [-0.2, 0) is 11.2 Å². The summed E-state index contributed by atoms with van der Waals surface area (Å²) >= 11 is 0. The van der Waals surface area contributed by atoms with Crippen LogP contribution in [0.1, 0.15) is 11.1 Å². The van der Waals surface area contributed by atoms with Crippen LogP contribution in [0.3, 0.4) is 0 Å². The molecule has 2 aromatic carbocycles. The number of benzene rings is 2. The van der Waals surface area contributed by atoms with Crippen LogP contribution in [0.15, 0.2) is 54.7 Å². The number of carbonyl (C=O) groups excluding carboxylic acids is 1. The Kier molecular flexibility index (Phi) is 4.70. The van der Waals surface area contributed by atoms with E-state index in [0.29, 0.717) is 5.69 Å². The molecule has 6 heteroatoms. The minimum Gasteiger partial charge on any atom is -0.465 e. The highest BCUT2D eigenvalue weighted by Crippen LogP contribution is 2.19. The van der Waals surface area contributed by atoms with Crippen LogP contribution in [0.25, 0.3) is 10.9 Å². The standard InChI is InChI=1S/C19H19N3O3/c1-12-6-8-14(9-7-12)21-18(23)17(22-19(24)25)10-13-11-20-16-5-3-2-4-15(13)16/h2-9,11,17,20,22H,10H2,1H3,(H,21,23)(H,24,25)/t17-/m1/s1. The smallest absolute Gasteiger partial charge is 0.405 e. The molecular weight excluding hydrogens is 318 g/mol. The first-order valence-electron chi connectivity index (χ1n) is 7.95. The number of H-pyrrole nitrogens is 1. The number of anilines is 1. The molecule has 128 valence electrons. The van der Waals surface area contributed by atoms with Crippen LogP contribution in [0.2, 0.25) is 0 Å². The Morgan fingerprint density at radius 2 is 1.84 bits per heavy atom. The molecule has 1 heterocycles. The van der Waals surface area contributed by atoms with Crippen LogP contribution in [0, 0.1) is 6.92 Å². The minimum absolute atomic E-state index is 0.258. The number of hydrogen-bond acceptors (Lipinski definition) is 2. The molecule has 0 fully saturated rings. The van der Waals surface area contributed by atoms with E-state index >= 15 is 0 Å². The number of nitrogens with one attached hydrogen (secondary N) is 3. The van der Waals surface area contributed by atoms with Gasteiger partial charge in [-0.3, -0.25) is 4.79 Å². The Labute approximate surface area is 144 Å². The van der Waals surface area contributed by atoms with Crippen LogP contribution in [0.5, 0.6) is 0 Å². The fourth-order valence-corrected chi connectivity index (χ4v) is 2.75. The van der Waals surface area contributed by atoms with Gasteiger partial charge >= 0.3 is 6.09 Å². The van der Waals surface area contributed by atoms with Crippen molar-refractivity contribution >= 4 is 28.6 Å². The van der Waals surface area contributed by atoms with Crippen molar-refractivity contribution in [3.8, 4) is 0 Å². The van der Waals surface area contributed by atoms with Gasteiger partial charge in [-0.15, -0.1) is 0 Å². The number of carbonyl (C=O) groups is 2. The predicted octanol–water partition coefficient (Wildman–Crippen LogP) is 3.29. The summed E-state index contributed by atoms with van der Waals surface area (Å²) in [5, 5.41) is 15.1. The van der Waals surface area contributed by atoms with Crippen LogP contribution in [-0.4, -0.2) is 28.1 Å². The van der Waals surface area contributed by atoms with Gasteiger partial charge in [0.2, 0.25) is 5.91 Å². The molecule has 0 radical (unpaired) electrons. The molecule has 0 aliphatic heterocycles. The lowest BCUT2D eigenvalue weighted by atomic mass is 10.0. The molecule has 3 aromatic rings. The monoisotopic (exact) mass is 337 g/mol. The molecule has 0 aliphatic carbocycles. The number of amides is 2. The van der Waals surface area contributed by atoms with Crippen molar-refractivity contribution in [2.75, 3.05) is 5.32 Å². The summed E-state index contributed by atoms with van der Waals surface area (Å²) in [6.07, 6.45) is 0.831. The molecule has 0 aliphatic rings. The molecule has 0 unspecified atom stereocenters. The molecule has 2 amide bonds. The van der Waals surface area contributed by atoms with E-state index in [1.165, 1.54) is 0 Å². The lowest BCUT2D eigenvalue weighted by Gasteiger charge is -2.16. The molecule has 0 saturated carbocycles. The Morgan fingerprint density at radius 1 is 1.12 bits per heavy atom. The second kappa shape index (κ2) is 7.09. The van der Waals surface area contributed by atoms with E-state index in [9.17, 15) is 9.59 Å². The van der Waals surface area contributed by atoms with Crippen LogP contribution in [0.4, 0.5) is 10.5 Å². The normalized spacial score (nSPS) is 11.9. The average molecular weight is 337 g/mol. The summed E-state index contributed by atoms with van der Waals surface area (Å²) in [4.78, 5) is 26.8. The topological polar surface area (TPSA) is 94.2 Å². The summed E-state index contributed by atoms with van der Waals surface area (Å²) < 4.78 is 0. The number of aromatic amines is 1. The number of rotatable bonds is 5. The number of carboxylic acid groups (broad SMARTS) is 1. The summed E-state index contributed by atoms with van der Waals surface area (Å²) in [5.74, 6) is -0.392. The highest BCUT2D eigenvalue weighted by atomic mass is 16.4. The SMILES string of the molecule is Cc1ccc(NC(=O)[C@@H](Cc2c[nH]c3ccccc23)NC(=O)O)cc1. The van der Waals surface area contributed by atoms with Crippen LogP contribution >= 0.6 is 0 Å². The van der Waals surface area contributed by atoms with Gasteiger partial charge in [-0.05, 0) is 30.7 Å². The van der Waals surface area contributed by atoms with Crippen molar-refractivity contribution in [1.29, 1.82) is 0 Å². The van der Waals surface area contributed by atoms with E-state index in [1.807, 2.05) is 43.3 Å².